The molecule has 1 aromatic carbocycles. The summed E-state index contributed by atoms with van der Waals surface area (Å²) in [6.07, 6.45) is 2.02. The van der Waals surface area contributed by atoms with Crippen LogP contribution in [0.1, 0.15) is 13.8 Å². The highest BCUT2D eigenvalue weighted by Crippen LogP contribution is 2.27. The Morgan fingerprint density at radius 1 is 1.31 bits per heavy atom. The minimum Gasteiger partial charge on any atom is -0.125 e. The monoisotopic (exact) mass is 192 g/mol. The highest BCUT2D eigenvalue weighted by Gasteiger charge is 2.12. The van der Waals surface area contributed by atoms with Crippen LogP contribution in [-0.4, -0.2) is 5.75 Å². The summed E-state index contributed by atoms with van der Waals surface area (Å²) in [5.41, 5.74) is 0.223. The fraction of sp³-hybridized carbons (Fsp3) is 0.333. The Labute approximate surface area is 85.1 Å². The molecule has 0 aliphatic heterocycles. The molecule has 0 nitrogen and oxygen atoms in total. The molecule has 0 aliphatic rings. The van der Waals surface area contributed by atoms with E-state index in [0.717, 1.165) is 5.75 Å². The lowest BCUT2D eigenvalue weighted by Crippen LogP contribution is -2.09. The van der Waals surface area contributed by atoms with E-state index in [1.165, 1.54) is 4.90 Å². The smallest absolute Gasteiger partial charge is 0.00722 e. The van der Waals surface area contributed by atoms with E-state index in [1.807, 2.05) is 23.9 Å². The van der Waals surface area contributed by atoms with Crippen molar-refractivity contribution in [1.29, 1.82) is 0 Å². The number of hydrogen-bond donors (Lipinski definition) is 0. The Morgan fingerprint density at radius 2 is 1.92 bits per heavy atom. The maximum Gasteiger partial charge on any atom is 0.00722 e. The van der Waals surface area contributed by atoms with Crippen LogP contribution in [0.25, 0.3) is 0 Å². The summed E-state index contributed by atoms with van der Waals surface area (Å²) < 4.78 is 0. The molecule has 0 saturated carbocycles. The van der Waals surface area contributed by atoms with Crippen molar-refractivity contribution in [3.05, 3.63) is 43.0 Å². The van der Waals surface area contributed by atoms with Gasteiger partial charge in [0.1, 0.15) is 0 Å². The van der Waals surface area contributed by atoms with Crippen LogP contribution in [0.3, 0.4) is 0 Å². The highest BCUT2D eigenvalue weighted by molar-refractivity contribution is 7.99. The summed E-state index contributed by atoms with van der Waals surface area (Å²) in [6.45, 7) is 8.24. The molecule has 0 aromatic heterocycles. The molecular weight excluding hydrogens is 176 g/mol. The molecule has 0 saturated heterocycles. The minimum absolute atomic E-state index is 0.223. The Kier molecular flexibility index (Phi) is 3.61. The number of hydrogen-bond acceptors (Lipinski definition) is 1. The Bertz CT molecular complexity index is 262. The van der Waals surface area contributed by atoms with Gasteiger partial charge in [0, 0.05) is 10.6 Å². The first kappa shape index (κ1) is 10.4. The molecule has 1 heteroatoms. The van der Waals surface area contributed by atoms with Crippen molar-refractivity contribution in [2.45, 2.75) is 18.7 Å². The summed E-state index contributed by atoms with van der Waals surface area (Å²) in [5.74, 6) is 1.08. The van der Waals surface area contributed by atoms with Crippen LogP contribution >= 0.6 is 11.8 Å². The molecule has 70 valence electrons. The van der Waals surface area contributed by atoms with E-state index >= 15 is 0 Å². The fourth-order valence-corrected chi connectivity index (χ4v) is 1.85. The summed E-state index contributed by atoms with van der Waals surface area (Å²) in [4.78, 5) is 1.33. The van der Waals surface area contributed by atoms with Gasteiger partial charge >= 0.3 is 0 Å². The second-order valence-corrected chi connectivity index (χ2v) is 4.84. The molecule has 0 N–H and O–H groups in total. The molecular formula is C12H16S. The van der Waals surface area contributed by atoms with Crippen LogP contribution in [0.5, 0.6) is 0 Å². The molecule has 0 unspecified atom stereocenters. The predicted octanol–water partition coefficient (Wildman–Crippen LogP) is 3.99. The van der Waals surface area contributed by atoms with E-state index < -0.39 is 0 Å². The number of benzene rings is 1. The standard InChI is InChI=1S/C12H16S/c1-4-12(2,3)10-13-11-8-6-5-7-9-11/h4-9H,1,10H2,2-3H3. The van der Waals surface area contributed by atoms with E-state index in [0.29, 0.717) is 0 Å². The maximum atomic E-state index is 3.83. The van der Waals surface area contributed by atoms with Crippen molar-refractivity contribution in [3.63, 3.8) is 0 Å². The molecule has 0 spiro atoms. The third-order valence-corrected chi connectivity index (χ3v) is 3.40. The molecule has 0 radical (unpaired) electrons. The van der Waals surface area contributed by atoms with Crippen LogP contribution in [0.15, 0.2) is 47.9 Å². The quantitative estimate of drug-likeness (QED) is 0.513. The Balaban J connectivity index is 2.48. The topological polar surface area (TPSA) is 0 Å². The largest absolute Gasteiger partial charge is 0.125 e. The molecule has 0 fully saturated rings. The van der Waals surface area contributed by atoms with Crippen molar-refractivity contribution < 1.29 is 0 Å². The van der Waals surface area contributed by atoms with E-state index in [9.17, 15) is 0 Å². The third kappa shape index (κ3) is 3.69. The van der Waals surface area contributed by atoms with Crippen LogP contribution < -0.4 is 0 Å². The second kappa shape index (κ2) is 4.52. The summed E-state index contributed by atoms with van der Waals surface area (Å²) in [5, 5.41) is 0. The molecule has 1 rings (SSSR count). The van der Waals surface area contributed by atoms with Crippen LogP contribution in [-0.2, 0) is 0 Å². The minimum atomic E-state index is 0.223. The van der Waals surface area contributed by atoms with Crippen molar-refractivity contribution in [2.24, 2.45) is 5.41 Å². The first-order valence-corrected chi connectivity index (χ1v) is 5.44. The highest BCUT2D eigenvalue weighted by atomic mass is 32.2. The zero-order valence-corrected chi connectivity index (χ0v) is 9.10. The van der Waals surface area contributed by atoms with Gasteiger partial charge in [-0.05, 0) is 17.5 Å². The SMILES string of the molecule is C=CC(C)(C)CSc1ccccc1. The summed E-state index contributed by atoms with van der Waals surface area (Å²) in [6, 6.07) is 10.5. The normalized spacial score (nSPS) is 11.2. The van der Waals surface area contributed by atoms with E-state index in [2.05, 4.69) is 44.7 Å². The van der Waals surface area contributed by atoms with Crippen molar-refractivity contribution in [2.75, 3.05) is 5.75 Å². The molecule has 0 bridgehead atoms. The zero-order chi connectivity index (χ0) is 9.73. The lowest BCUT2D eigenvalue weighted by atomic mass is 9.97. The Morgan fingerprint density at radius 3 is 2.46 bits per heavy atom. The van der Waals surface area contributed by atoms with Crippen molar-refractivity contribution in [3.8, 4) is 0 Å². The van der Waals surface area contributed by atoms with Crippen LogP contribution in [0.4, 0.5) is 0 Å². The van der Waals surface area contributed by atoms with Crippen molar-refractivity contribution in [1.82, 2.24) is 0 Å². The number of thioether (sulfide) groups is 1. The average molecular weight is 192 g/mol. The first-order chi connectivity index (χ1) is 6.14. The van der Waals surface area contributed by atoms with Gasteiger partial charge in [-0.2, -0.15) is 0 Å². The zero-order valence-electron chi connectivity index (χ0n) is 8.29. The van der Waals surface area contributed by atoms with Gasteiger partial charge in [-0.15, -0.1) is 18.3 Å². The van der Waals surface area contributed by atoms with Gasteiger partial charge < -0.3 is 0 Å². The Hall–Kier alpha value is -0.690. The molecule has 0 heterocycles. The first-order valence-electron chi connectivity index (χ1n) is 4.45. The summed E-state index contributed by atoms with van der Waals surface area (Å²) >= 11 is 1.88. The van der Waals surface area contributed by atoms with Gasteiger partial charge in [0.2, 0.25) is 0 Å². The van der Waals surface area contributed by atoms with Gasteiger partial charge in [-0.3, -0.25) is 0 Å². The van der Waals surface area contributed by atoms with Gasteiger partial charge in [-0.25, -0.2) is 0 Å². The van der Waals surface area contributed by atoms with E-state index in [1.54, 1.807) is 0 Å². The second-order valence-electron chi connectivity index (χ2n) is 3.79. The van der Waals surface area contributed by atoms with Gasteiger partial charge in [0.25, 0.3) is 0 Å². The molecule has 1 aromatic rings. The molecule has 0 aliphatic carbocycles. The number of rotatable bonds is 4. The van der Waals surface area contributed by atoms with Gasteiger partial charge in [0.05, 0.1) is 0 Å². The summed E-state index contributed by atoms with van der Waals surface area (Å²) in [7, 11) is 0. The lowest BCUT2D eigenvalue weighted by molar-refractivity contribution is 0.558. The maximum absolute atomic E-state index is 3.83. The van der Waals surface area contributed by atoms with Gasteiger partial charge in [0.15, 0.2) is 0 Å². The van der Waals surface area contributed by atoms with E-state index in [4.69, 9.17) is 0 Å². The average Bonchev–Trinajstić information content (AvgIpc) is 2.17. The van der Waals surface area contributed by atoms with Crippen LogP contribution in [0, 0.1) is 5.41 Å². The molecule has 13 heavy (non-hydrogen) atoms. The number of allylic oxidation sites excluding steroid dienone is 1. The van der Waals surface area contributed by atoms with Gasteiger partial charge in [-0.1, -0.05) is 38.1 Å². The van der Waals surface area contributed by atoms with Crippen LogP contribution in [0.2, 0.25) is 0 Å². The van der Waals surface area contributed by atoms with Crippen molar-refractivity contribution >= 4 is 11.8 Å². The van der Waals surface area contributed by atoms with E-state index in [-0.39, 0.29) is 5.41 Å². The fourth-order valence-electron chi connectivity index (χ4n) is 0.845. The lowest BCUT2D eigenvalue weighted by Gasteiger charge is -2.18. The molecule has 0 amide bonds. The third-order valence-electron chi connectivity index (χ3n) is 1.91. The molecule has 0 atom stereocenters. The predicted molar refractivity (Wildman–Crippen MR) is 61.1 cm³/mol.